The largest absolute Gasteiger partial charge is 0.325 e. The smallest absolute Gasteiger partial charge is 0.287 e. The van der Waals surface area contributed by atoms with E-state index >= 15 is 0 Å². The van der Waals surface area contributed by atoms with Crippen LogP contribution in [-0.2, 0) is 9.59 Å². The Hall–Kier alpha value is -3.79. The number of carbonyl (C=O) groups is 3. The molecule has 11 heteroatoms. The molecule has 0 heterocycles. The number of nitro benzene ring substituents is 1. The first-order chi connectivity index (χ1) is 14.2. The number of hydrazone groups is 1. The molecule has 0 fully saturated rings. The van der Waals surface area contributed by atoms with Gasteiger partial charge in [-0.3, -0.25) is 24.5 Å². The first-order valence-corrected chi connectivity index (χ1v) is 8.99. The fraction of sp³-hybridized carbons (Fsp3) is 0.158. The summed E-state index contributed by atoms with van der Waals surface area (Å²) in [5.41, 5.74) is 3.22. The highest BCUT2D eigenvalue weighted by atomic mass is 35.5. The predicted molar refractivity (Wildman–Crippen MR) is 113 cm³/mol. The Morgan fingerprint density at radius 1 is 1.07 bits per heavy atom. The van der Waals surface area contributed by atoms with Gasteiger partial charge >= 0.3 is 0 Å². The van der Waals surface area contributed by atoms with Gasteiger partial charge in [0.15, 0.2) is 0 Å². The summed E-state index contributed by atoms with van der Waals surface area (Å²) < 4.78 is 0. The van der Waals surface area contributed by atoms with E-state index in [1.165, 1.54) is 13.0 Å². The zero-order valence-corrected chi connectivity index (χ0v) is 16.8. The number of benzene rings is 2. The number of rotatable bonds is 7. The predicted octanol–water partition coefficient (Wildman–Crippen LogP) is 3.34. The van der Waals surface area contributed by atoms with Crippen molar-refractivity contribution < 1.29 is 19.3 Å². The maximum Gasteiger partial charge on any atom is 0.287 e. The number of para-hydroxylation sites is 2. The normalized spacial score (nSPS) is 10.8. The average molecular weight is 432 g/mol. The molecule has 0 aromatic heterocycles. The van der Waals surface area contributed by atoms with Gasteiger partial charge < -0.3 is 10.6 Å². The average Bonchev–Trinajstić information content (AvgIpc) is 2.66. The molecule has 2 aromatic carbocycles. The Morgan fingerprint density at radius 2 is 1.70 bits per heavy atom. The van der Waals surface area contributed by atoms with Crippen LogP contribution < -0.4 is 16.1 Å². The van der Waals surface area contributed by atoms with Crippen molar-refractivity contribution in [1.29, 1.82) is 0 Å². The van der Waals surface area contributed by atoms with Crippen LogP contribution in [0.15, 0.2) is 47.6 Å². The lowest BCUT2D eigenvalue weighted by molar-refractivity contribution is -0.384. The molecule has 0 saturated carbocycles. The van der Waals surface area contributed by atoms with Crippen LogP contribution in [-0.4, -0.2) is 28.4 Å². The molecule has 0 radical (unpaired) electrons. The highest BCUT2D eigenvalue weighted by Crippen LogP contribution is 2.25. The van der Waals surface area contributed by atoms with Gasteiger partial charge in [-0.15, -0.1) is 0 Å². The molecular formula is C19H18ClN5O5. The maximum absolute atomic E-state index is 12.2. The van der Waals surface area contributed by atoms with Gasteiger partial charge in [-0.1, -0.05) is 23.7 Å². The van der Waals surface area contributed by atoms with Crippen LogP contribution in [0.25, 0.3) is 0 Å². The highest BCUT2D eigenvalue weighted by molar-refractivity contribution is 6.33. The molecule has 0 spiro atoms. The van der Waals surface area contributed by atoms with Gasteiger partial charge in [0.25, 0.3) is 11.6 Å². The monoisotopic (exact) mass is 431 g/mol. The lowest BCUT2D eigenvalue weighted by Gasteiger charge is -2.11. The Bertz CT molecular complexity index is 1040. The minimum Gasteiger partial charge on any atom is -0.325 e. The molecule has 0 saturated heterocycles. The molecule has 2 rings (SSSR count). The van der Waals surface area contributed by atoms with E-state index < -0.39 is 16.7 Å². The van der Waals surface area contributed by atoms with E-state index in [4.69, 9.17) is 11.6 Å². The Labute approximate surface area is 176 Å². The molecule has 0 atom stereocenters. The molecule has 2 aromatic rings. The van der Waals surface area contributed by atoms with Crippen molar-refractivity contribution in [2.24, 2.45) is 5.10 Å². The summed E-state index contributed by atoms with van der Waals surface area (Å²) in [5.74, 6) is -1.31. The molecule has 0 aliphatic rings. The summed E-state index contributed by atoms with van der Waals surface area (Å²) in [6.45, 7) is 2.90. The second-order valence-corrected chi connectivity index (χ2v) is 6.57. The van der Waals surface area contributed by atoms with Crippen molar-refractivity contribution in [3.8, 4) is 0 Å². The lowest BCUT2D eigenvalue weighted by Crippen LogP contribution is -2.22. The minimum atomic E-state index is -0.658. The summed E-state index contributed by atoms with van der Waals surface area (Å²) in [6, 6.07) is 10.2. The molecular weight excluding hydrogens is 414 g/mol. The molecule has 156 valence electrons. The summed E-state index contributed by atoms with van der Waals surface area (Å²) >= 11 is 5.78. The number of hydrogen-bond donors (Lipinski definition) is 3. The highest BCUT2D eigenvalue weighted by Gasteiger charge is 2.15. The molecule has 3 N–H and O–H groups in total. The van der Waals surface area contributed by atoms with Gasteiger partial charge in [0.05, 0.1) is 22.7 Å². The topological polar surface area (TPSA) is 143 Å². The molecule has 3 amide bonds. The minimum absolute atomic E-state index is 0.0795. The zero-order chi connectivity index (χ0) is 22.3. The SMILES string of the molecule is CC(=O)Nc1ccccc1NC(=O)CC(C)=NNC(=O)c1ccc([N+](=O)[O-])c(Cl)c1. The Morgan fingerprint density at radius 3 is 2.27 bits per heavy atom. The van der Waals surface area contributed by atoms with Gasteiger partial charge in [-0.05, 0) is 31.2 Å². The molecule has 0 bridgehead atoms. The summed E-state index contributed by atoms with van der Waals surface area (Å²) in [5, 5.41) is 19.7. The molecule has 0 aliphatic carbocycles. The van der Waals surface area contributed by atoms with Crippen LogP contribution in [0.4, 0.5) is 17.1 Å². The van der Waals surface area contributed by atoms with E-state index in [9.17, 15) is 24.5 Å². The van der Waals surface area contributed by atoms with Crippen LogP contribution >= 0.6 is 11.6 Å². The third-order valence-corrected chi connectivity index (χ3v) is 3.99. The van der Waals surface area contributed by atoms with Gasteiger partial charge in [0.1, 0.15) is 5.02 Å². The number of nitrogens with one attached hydrogen (secondary N) is 3. The molecule has 10 nitrogen and oxygen atoms in total. The van der Waals surface area contributed by atoms with Gasteiger partial charge in [-0.2, -0.15) is 5.10 Å². The van der Waals surface area contributed by atoms with E-state index in [0.29, 0.717) is 17.1 Å². The first-order valence-electron chi connectivity index (χ1n) is 8.61. The van der Waals surface area contributed by atoms with Crippen LogP contribution in [0.1, 0.15) is 30.6 Å². The fourth-order valence-corrected chi connectivity index (χ4v) is 2.61. The molecule has 0 aliphatic heterocycles. The quantitative estimate of drug-likeness (QED) is 0.350. The number of halogens is 1. The van der Waals surface area contributed by atoms with Gasteiger partial charge in [-0.25, -0.2) is 5.43 Å². The van der Waals surface area contributed by atoms with Crippen molar-refractivity contribution in [2.75, 3.05) is 10.6 Å². The van der Waals surface area contributed by atoms with Crippen molar-refractivity contribution in [3.05, 3.63) is 63.2 Å². The Kier molecular flexibility index (Phi) is 7.59. The van der Waals surface area contributed by atoms with Crippen molar-refractivity contribution in [1.82, 2.24) is 5.43 Å². The number of carbonyl (C=O) groups excluding carboxylic acids is 3. The second kappa shape index (κ2) is 10.1. The summed E-state index contributed by atoms with van der Waals surface area (Å²) in [4.78, 5) is 45.7. The van der Waals surface area contributed by atoms with Crippen molar-refractivity contribution >= 4 is 52.1 Å². The third-order valence-electron chi connectivity index (χ3n) is 3.68. The fourth-order valence-electron chi connectivity index (χ4n) is 2.36. The zero-order valence-electron chi connectivity index (χ0n) is 16.1. The second-order valence-electron chi connectivity index (χ2n) is 6.16. The number of nitro groups is 1. The Balaban J connectivity index is 1.98. The maximum atomic E-state index is 12.2. The summed E-state index contributed by atoms with van der Waals surface area (Å²) in [7, 11) is 0. The summed E-state index contributed by atoms with van der Waals surface area (Å²) in [6.07, 6.45) is -0.115. The van der Waals surface area contributed by atoms with Crippen molar-refractivity contribution in [3.63, 3.8) is 0 Å². The first kappa shape index (κ1) is 22.5. The van der Waals surface area contributed by atoms with E-state index in [1.807, 2.05) is 0 Å². The van der Waals surface area contributed by atoms with E-state index in [1.54, 1.807) is 31.2 Å². The number of amides is 3. The van der Waals surface area contributed by atoms with Crippen LogP contribution in [0.5, 0.6) is 0 Å². The third kappa shape index (κ3) is 6.38. The van der Waals surface area contributed by atoms with E-state index in [2.05, 4.69) is 21.2 Å². The van der Waals surface area contributed by atoms with E-state index in [0.717, 1.165) is 12.1 Å². The van der Waals surface area contributed by atoms with E-state index in [-0.39, 0.29) is 28.6 Å². The van der Waals surface area contributed by atoms with Crippen LogP contribution in [0.2, 0.25) is 5.02 Å². The van der Waals surface area contributed by atoms with Gasteiger partial charge in [0, 0.05) is 24.3 Å². The number of nitrogens with zero attached hydrogens (tertiary/aromatic N) is 2. The standard InChI is InChI=1S/C19H18ClN5O5/c1-11(9-18(27)22-16-6-4-3-5-15(16)21-12(2)26)23-24-19(28)13-7-8-17(25(29)30)14(20)10-13/h3-8,10H,9H2,1-2H3,(H,21,26)(H,22,27)(H,24,28). The van der Waals surface area contributed by atoms with Crippen LogP contribution in [0.3, 0.4) is 0 Å². The molecule has 30 heavy (non-hydrogen) atoms. The van der Waals surface area contributed by atoms with Gasteiger partial charge in [0.2, 0.25) is 11.8 Å². The number of hydrogen-bond acceptors (Lipinski definition) is 6. The van der Waals surface area contributed by atoms with Crippen LogP contribution in [0, 0.1) is 10.1 Å². The lowest BCUT2D eigenvalue weighted by atomic mass is 10.2. The van der Waals surface area contributed by atoms with Crippen molar-refractivity contribution in [2.45, 2.75) is 20.3 Å². The number of anilines is 2. The molecule has 0 unspecified atom stereocenters.